The highest BCUT2D eigenvalue weighted by atomic mass is 16.5. The van der Waals surface area contributed by atoms with Crippen molar-refractivity contribution in [3.8, 4) is 0 Å². The monoisotopic (exact) mass is 270 g/mol. The zero-order valence-corrected chi connectivity index (χ0v) is 11.5. The lowest BCUT2D eigenvalue weighted by Gasteiger charge is -2.19. The topological polar surface area (TPSA) is 59.9 Å². The fourth-order valence-electron chi connectivity index (χ4n) is 2.50. The van der Waals surface area contributed by atoms with Crippen molar-refractivity contribution in [1.29, 1.82) is 0 Å². The van der Waals surface area contributed by atoms with Crippen LogP contribution in [-0.2, 0) is 11.2 Å². The van der Waals surface area contributed by atoms with Gasteiger partial charge in [-0.15, -0.1) is 0 Å². The van der Waals surface area contributed by atoms with Gasteiger partial charge in [0.2, 0.25) is 0 Å². The number of pyridine rings is 1. The number of hydrogen-bond donors (Lipinski definition) is 1. The summed E-state index contributed by atoms with van der Waals surface area (Å²) in [6, 6.07) is 4.39. The van der Waals surface area contributed by atoms with Gasteiger partial charge in [0.15, 0.2) is 0 Å². The molecular weight excluding hydrogens is 252 g/mol. The largest absolute Gasteiger partial charge is 0.379 e. The Balaban J connectivity index is 1.66. The third-order valence-corrected chi connectivity index (χ3v) is 3.53. The molecule has 20 heavy (non-hydrogen) atoms. The van der Waals surface area contributed by atoms with Crippen LogP contribution >= 0.6 is 0 Å². The van der Waals surface area contributed by atoms with Gasteiger partial charge in [-0.05, 0) is 31.0 Å². The van der Waals surface area contributed by atoms with Gasteiger partial charge in [-0.1, -0.05) is 0 Å². The van der Waals surface area contributed by atoms with Crippen LogP contribution < -0.4 is 5.32 Å². The molecule has 1 fully saturated rings. The second kappa shape index (κ2) is 5.96. The fraction of sp³-hybridized carbons (Fsp3) is 0.400. The van der Waals surface area contributed by atoms with Crippen molar-refractivity contribution in [3.05, 3.63) is 48.2 Å². The number of rotatable bonds is 4. The molecule has 104 valence electrons. The molecule has 0 amide bonds. The number of aromatic nitrogens is 3. The maximum atomic E-state index is 5.62. The van der Waals surface area contributed by atoms with Crippen LogP contribution in [0.15, 0.2) is 36.9 Å². The molecule has 3 rings (SSSR count). The number of ether oxygens (including phenoxy) is 1. The molecule has 0 spiro atoms. The van der Waals surface area contributed by atoms with E-state index in [0.29, 0.717) is 12.5 Å². The van der Waals surface area contributed by atoms with E-state index < -0.39 is 0 Å². The minimum absolute atomic E-state index is 0.277. The predicted octanol–water partition coefficient (Wildman–Crippen LogP) is 1.85. The van der Waals surface area contributed by atoms with Crippen molar-refractivity contribution in [2.75, 3.05) is 18.5 Å². The van der Waals surface area contributed by atoms with Gasteiger partial charge in [-0.25, -0.2) is 4.98 Å². The first-order valence-electron chi connectivity index (χ1n) is 6.83. The zero-order valence-electron chi connectivity index (χ0n) is 11.5. The Bertz CT molecular complexity index is 561. The Kier molecular flexibility index (Phi) is 3.87. The van der Waals surface area contributed by atoms with Gasteiger partial charge in [-0.3, -0.25) is 9.97 Å². The summed E-state index contributed by atoms with van der Waals surface area (Å²) >= 11 is 0. The van der Waals surface area contributed by atoms with Gasteiger partial charge in [0.25, 0.3) is 0 Å². The number of aryl methyl sites for hydroxylation is 1. The molecule has 5 nitrogen and oxygen atoms in total. The van der Waals surface area contributed by atoms with Crippen LogP contribution in [0.25, 0.3) is 0 Å². The summed E-state index contributed by atoms with van der Waals surface area (Å²) in [6.07, 6.45) is 8.16. The molecule has 1 N–H and O–H groups in total. The van der Waals surface area contributed by atoms with E-state index in [1.165, 1.54) is 5.56 Å². The zero-order chi connectivity index (χ0) is 13.8. The van der Waals surface area contributed by atoms with E-state index >= 15 is 0 Å². The molecule has 3 heterocycles. The Hall–Kier alpha value is -2.01. The molecule has 0 aromatic carbocycles. The van der Waals surface area contributed by atoms with Gasteiger partial charge in [0, 0.05) is 24.5 Å². The third kappa shape index (κ3) is 3.11. The molecule has 0 radical (unpaired) electrons. The second-order valence-corrected chi connectivity index (χ2v) is 5.15. The first kappa shape index (κ1) is 13.0. The Morgan fingerprint density at radius 3 is 2.85 bits per heavy atom. The highest BCUT2D eigenvalue weighted by Gasteiger charge is 2.28. The van der Waals surface area contributed by atoms with Crippen molar-refractivity contribution >= 4 is 5.82 Å². The van der Waals surface area contributed by atoms with Crippen LogP contribution in [-0.4, -0.2) is 34.2 Å². The van der Waals surface area contributed by atoms with E-state index in [1.54, 1.807) is 12.4 Å². The molecule has 1 saturated heterocycles. The molecule has 0 aliphatic carbocycles. The Labute approximate surface area is 118 Å². The van der Waals surface area contributed by atoms with Gasteiger partial charge < -0.3 is 10.1 Å². The fourth-order valence-corrected chi connectivity index (χ4v) is 2.50. The van der Waals surface area contributed by atoms with Crippen molar-refractivity contribution in [1.82, 2.24) is 15.0 Å². The van der Waals surface area contributed by atoms with E-state index in [0.717, 1.165) is 24.5 Å². The number of nitrogens with one attached hydrogen (secondary N) is 1. The van der Waals surface area contributed by atoms with Crippen LogP contribution in [0.5, 0.6) is 0 Å². The second-order valence-electron chi connectivity index (χ2n) is 5.15. The average molecular weight is 270 g/mol. The van der Waals surface area contributed by atoms with E-state index in [1.807, 2.05) is 19.3 Å². The smallest absolute Gasteiger partial charge is 0.145 e. The van der Waals surface area contributed by atoms with Crippen LogP contribution in [0.1, 0.15) is 11.3 Å². The molecule has 2 aromatic heterocycles. The average Bonchev–Trinajstić information content (AvgIpc) is 2.87. The third-order valence-electron chi connectivity index (χ3n) is 3.53. The van der Waals surface area contributed by atoms with Gasteiger partial charge >= 0.3 is 0 Å². The number of anilines is 1. The van der Waals surface area contributed by atoms with Crippen molar-refractivity contribution in [3.63, 3.8) is 0 Å². The molecule has 0 saturated carbocycles. The summed E-state index contributed by atoms with van der Waals surface area (Å²) in [5.41, 5.74) is 2.21. The summed E-state index contributed by atoms with van der Waals surface area (Å²) in [6.45, 7) is 3.43. The summed E-state index contributed by atoms with van der Waals surface area (Å²) in [7, 11) is 0. The normalized spacial score (nSPS) is 21.9. The van der Waals surface area contributed by atoms with E-state index in [4.69, 9.17) is 4.74 Å². The highest BCUT2D eigenvalue weighted by molar-refractivity contribution is 5.34. The molecule has 2 atom stereocenters. The number of nitrogens with zero attached hydrogens (tertiary/aromatic N) is 3. The van der Waals surface area contributed by atoms with Crippen molar-refractivity contribution in [2.24, 2.45) is 5.92 Å². The van der Waals surface area contributed by atoms with Gasteiger partial charge in [-0.2, -0.15) is 0 Å². The van der Waals surface area contributed by atoms with Crippen LogP contribution in [0.4, 0.5) is 5.82 Å². The molecule has 1 aliphatic heterocycles. The first-order valence-corrected chi connectivity index (χ1v) is 6.83. The van der Waals surface area contributed by atoms with Crippen LogP contribution in [0.2, 0.25) is 0 Å². The van der Waals surface area contributed by atoms with E-state index in [-0.39, 0.29) is 6.04 Å². The summed E-state index contributed by atoms with van der Waals surface area (Å²) in [4.78, 5) is 12.7. The summed E-state index contributed by atoms with van der Waals surface area (Å²) in [5.74, 6) is 1.26. The molecule has 5 heteroatoms. The van der Waals surface area contributed by atoms with Crippen LogP contribution in [0.3, 0.4) is 0 Å². The molecule has 0 unspecified atom stereocenters. The maximum absolute atomic E-state index is 5.62. The minimum Gasteiger partial charge on any atom is -0.379 e. The van der Waals surface area contributed by atoms with Crippen LogP contribution in [0, 0.1) is 12.8 Å². The quantitative estimate of drug-likeness (QED) is 0.918. The lowest BCUT2D eigenvalue weighted by atomic mass is 9.95. The SMILES string of the molecule is Cc1cncc(N[C@@H]2COC[C@H]2Cc2ccncc2)n1. The van der Waals surface area contributed by atoms with Crippen molar-refractivity contribution in [2.45, 2.75) is 19.4 Å². The van der Waals surface area contributed by atoms with Crippen molar-refractivity contribution < 1.29 is 4.74 Å². The summed E-state index contributed by atoms with van der Waals surface area (Å²) in [5, 5.41) is 3.44. The first-order chi connectivity index (χ1) is 9.81. The Morgan fingerprint density at radius 2 is 2.05 bits per heavy atom. The van der Waals surface area contributed by atoms with E-state index in [2.05, 4.69) is 32.4 Å². The molecule has 1 aliphatic rings. The minimum atomic E-state index is 0.277. The number of hydrogen-bond acceptors (Lipinski definition) is 5. The van der Waals surface area contributed by atoms with Gasteiger partial charge in [0.05, 0.1) is 31.1 Å². The lowest BCUT2D eigenvalue weighted by Crippen LogP contribution is -2.29. The van der Waals surface area contributed by atoms with Gasteiger partial charge in [0.1, 0.15) is 5.82 Å². The predicted molar refractivity (Wildman–Crippen MR) is 76.4 cm³/mol. The molecular formula is C15H18N4O. The molecule has 0 bridgehead atoms. The Morgan fingerprint density at radius 1 is 1.20 bits per heavy atom. The molecule has 2 aromatic rings. The lowest BCUT2D eigenvalue weighted by molar-refractivity contribution is 0.185. The standard InChI is InChI=1S/C15H18N4O/c1-11-7-17-8-15(18-11)19-14-10-20-9-13(14)6-12-2-4-16-5-3-12/h2-5,7-8,13-14H,6,9-10H2,1H3,(H,18,19)/t13-,14-/m1/s1. The van der Waals surface area contributed by atoms with E-state index in [9.17, 15) is 0 Å². The maximum Gasteiger partial charge on any atom is 0.145 e. The highest BCUT2D eigenvalue weighted by Crippen LogP contribution is 2.21. The summed E-state index contributed by atoms with van der Waals surface area (Å²) < 4.78 is 5.62.